The summed E-state index contributed by atoms with van der Waals surface area (Å²) in [5, 5.41) is 0. The van der Waals surface area contributed by atoms with E-state index < -0.39 is 0 Å². The highest BCUT2D eigenvalue weighted by Crippen LogP contribution is 2.05. The van der Waals surface area contributed by atoms with E-state index in [1.54, 1.807) is 12.4 Å². The third kappa shape index (κ3) is 2.28. The van der Waals surface area contributed by atoms with E-state index in [-0.39, 0.29) is 12.6 Å². The Kier molecular flexibility index (Phi) is 3.16. The highest BCUT2D eigenvalue weighted by atomic mass is 16.5. The Labute approximate surface area is 69.6 Å². The van der Waals surface area contributed by atoms with Gasteiger partial charge in [-0.05, 0) is 0 Å². The van der Waals surface area contributed by atoms with Gasteiger partial charge in [0.15, 0.2) is 0 Å². The fourth-order valence-electron chi connectivity index (χ4n) is 0.741. The van der Waals surface area contributed by atoms with Gasteiger partial charge in [-0.25, -0.2) is 9.97 Å². The second kappa shape index (κ2) is 4.40. The zero-order chi connectivity index (χ0) is 8.81. The van der Waals surface area contributed by atoms with Crippen LogP contribution in [0.25, 0.3) is 0 Å². The summed E-state index contributed by atoms with van der Waals surface area (Å²) in [6, 6.07) is -0.351. The van der Waals surface area contributed by atoms with Crippen molar-refractivity contribution in [3.63, 3.8) is 0 Å². The third-order valence-electron chi connectivity index (χ3n) is 1.35. The predicted molar refractivity (Wildman–Crippen MR) is 41.0 cm³/mol. The van der Waals surface area contributed by atoms with Crippen molar-refractivity contribution in [2.45, 2.75) is 6.04 Å². The summed E-state index contributed by atoms with van der Waals surface area (Å²) in [5.41, 5.74) is 6.37. The summed E-state index contributed by atoms with van der Waals surface area (Å²) in [5.74, 6) is 0. The van der Waals surface area contributed by atoms with Gasteiger partial charge in [0.2, 0.25) is 0 Å². The van der Waals surface area contributed by atoms with Crippen molar-refractivity contribution in [3.8, 4) is 0 Å². The van der Waals surface area contributed by atoms with Crippen molar-refractivity contribution < 1.29 is 9.53 Å². The van der Waals surface area contributed by atoms with Gasteiger partial charge in [-0.1, -0.05) is 0 Å². The smallest absolute Gasteiger partial charge is 0.293 e. The maximum absolute atomic E-state index is 9.83. The van der Waals surface area contributed by atoms with Crippen LogP contribution in [0.15, 0.2) is 18.7 Å². The number of carbonyl (C=O) groups excluding carboxylic acids is 1. The highest BCUT2D eigenvalue weighted by molar-refractivity contribution is 5.37. The lowest BCUT2D eigenvalue weighted by atomic mass is 10.2. The average Bonchev–Trinajstić information content (AvgIpc) is 2.15. The molecule has 64 valence electrons. The van der Waals surface area contributed by atoms with Crippen LogP contribution in [0.4, 0.5) is 0 Å². The second-order valence-corrected chi connectivity index (χ2v) is 2.21. The number of carbonyl (C=O) groups is 1. The van der Waals surface area contributed by atoms with E-state index in [0.717, 1.165) is 5.56 Å². The molecule has 1 aromatic heterocycles. The number of nitrogens with two attached hydrogens (primary N) is 1. The number of hydrogen-bond donors (Lipinski definition) is 1. The summed E-state index contributed by atoms with van der Waals surface area (Å²) >= 11 is 0. The fourth-order valence-corrected chi connectivity index (χ4v) is 0.741. The Bertz CT molecular complexity index is 240. The number of nitrogens with zero attached hydrogens (tertiary/aromatic N) is 2. The molecule has 1 heterocycles. The topological polar surface area (TPSA) is 78.1 Å². The van der Waals surface area contributed by atoms with Crippen molar-refractivity contribution >= 4 is 6.47 Å². The molecule has 0 aromatic carbocycles. The van der Waals surface area contributed by atoms with Crippen LogP contribution in [0, 0.1) is 0 Å². The van der Waals surface area contributed by atoms with E-state index in [0.29, 0.717) is 6.47 Å². The maximum atomic E-state index is 9.83. The van der Waals surface area contributed by atoms with Crippen LogP contribution in [-0.4, -0.2) is 23.0 Å². The largest absolute Gasteiger partial charge is 0.466 e. The van der Waals surface area contributed by atoms with Crippen molar-refractivity contribution in [3.05, 3.63) is 24.3 Å². The van der Waals surface area contributed by atoms with Crippen LogP contribution >= 0.6 is 0 Å². The van der Waals surface area contributed by atoms with Gasteiger partial charge in [-0.2, -0.15) is 0 Å². The molecular formula is C7H9N3O2. The summed E-state index contributed by atoms with van der Waals surface area (Å²) in [7, 11) is 0. The van der Waals surface area contributed by atoms with Gasteiger partial charge in [0.25, 0.3) is 6.47 Å². The highest BCUT2D eigenvalue weighted by Gasteiger charge is 2.05. The number of aromatic nitrogens is 2. The number of hydrogen-bond acceptors (Lipinski definition) is 5. The van der Waals surface area contributed by atoms with Gasteiger partial charge in [0.1, 0.15) is 12.9 Å². The average molecular weight is 167 g/mol. The van der Waals surface area contributed by atoms with Gasteiger partial charge < -0.3 is 10.5 Å². The van der Waals surface area contributed by atoms with Gasteiger partial charge in [-0.3, -0.25) is 4.79 Å². The minimum absolute atomic E-state index is 0.150. The SMILES string of the molecule is NC(COC=O)c1cncnc1. The first-order chi connectivity index (χ1) is 5.84. The van der Waals surface area contributed by atoms with Crippen LogP contribution < -0.4 is 5.73 Å². The monoisotopic (exact) mass is 167 g/mol. The Morgan fingerprint density at radius 3 is 2.83 bits per heavy atom. The lowest BCUT2D eigenvalue weighted by molar-refractivity contribution is -0.129. The summed E-state index contributed by atoms with van der Waals surface area (Å²) in [6.45, 7) is 0.514. The second-order valence-electron chi connectivity index (χ2n) is 2.21. The first-order valence-corrected chi connectivity index (χ1v) is 3.40. The molecule has 0 aliphatic rings. The molecule has 0 amide bonds. The zero-order valence-electron chi connectivity index (χ0n) is 6.38. The van der Waals surface area contributed by atoms with Gasteiger partial charge in [-0.15, -0.1) is 0 Å². The summed E-state index contributed by atoms with van der Waals surface area (Å²) in [6.07, 6.45) is 4.59. The van der Waals surface area contributed by atoms with Crippen molar-refractivity contribution in [1.29, 1.82) is 0 Å². The van der Waals surface area contributed by atoms with Gasteiger partial charge in [0, 0.05) is 18.0 Å². The molecule has 1 atom stereocenters. The predicted octanol–water partition coefficient (Wildman–Crippen LogP) is -0.351. The Balaban J connectivity index is 2.53. The molecule has 0 saturated heterocycles. The Morgan fingerprint density at radius 1 is 1.58 bits per heavy atom. The molecule has 5 nitrogen and oxygen atoms in total. The number of rotatable bonds is 4. The molecule has 5 heteroatoms. The van der Waals surface area contributed by atoms with Crippen molar-refractivity contribution in [2.24, 2.45) is 5.73 Å². The van der Waals surface area contributed by atoms with Gasteiger partial charge >= 0.3 is 0 Å². The number of ether oxygens (including phenoxy) is 1. The molecule has 2 N–H and O–H groups in total. The molecule has 0 aliphatic heterocycles. The van der Waals surface area contributed by atoms with Crippen LogP contribution in [0.3, 0.4) is 0 Å². The third-order valence-corrected chi connectivity index (χ3v) is 1.35. The van der Waals surface area contributed by atoms with Crippen LogP contribution in [0.5, 0.6) is 0 Å². The minimum Gasteiger partial charge on any atom is -0.466 e. The molecule has 0 radical (unpaired) electrons. The molecular weight excluding hydrogens is 158 g/mol. The molecule has 0 aliphatic carbocycles. The van der Waals surface area contributed by atoms with Crippen molar-refractivity contribution in [1.82, 2.24) is 9.97 Å². The van der Waals surface area contributed by atoms with E-state index in [2.05, 4.69) is 14.7 Å². The van der Waals surface area contributed by atoms with Crippen LogP contribution in [0.2, 0.25) is 0 Å². The van der Waals surface area contributed by atoms with Crippen molar-refractivity contribution in [2.75, 3.05) is 6.61 Å². The molecule has 0 bridgehead atoms. The molecule has 0 spiro atoms. The van der Waals surface area contributed by atoms with E-state index in [9.17, 15) is 4.79 Å². The van der Waals surface area contributed by atoms with E-state index in [1.165, 1.54) is 6.33 Å². The van der Waals surface area contributed by atoms with E-state index >= 15 is 0 Å². The van der Waals surface area contributed by atoms with E-state index in [4.69, 9.17) is 5.73 Å². The molecule has 12 heavy (non-hydrogen) atoms. The lowest BCUT2D eigenvalue weighted by Gasteiger charge is -2.08. The molecule has 1 unspecified atom stereocenters. The Morgan fingerprint density at radius 2 is 2.25 bits per heavy atom. The molecule has 0 saturated carbocycles. The minimum atomic E-state index is -0.351. The first-order valence-electron chi connectivity index (χ1n) is 3.40. The van der Waals surface area contributed by atoms with Crippen LogP contribution in [0.1, 0.15) is 11.6 Å². The molecule has 1 aromatic rings. The lowest BCUT2D eigenvalue weighted by Crippen LogP contribution is -2.17. The zero-order valence-corrected chi connectivity index (χ0v) is 6.38. The normalized spacial score (nSPS) is 12.1. The fraction of sp³-hybridized carbons (Fsp3) is 0.286. The summed E-state index contributed by atoms with van der Waals surface area (Å²) in [4.78, 5) is 17.4. The molecule has 0 fully saturated rings. The quantitative estimate of drug-likeness (QED) is 0.620. The van der Waals surface area contributed by atoms with E-state index in [1.807, 2.05) is 0 Å². The van der Waals surface area contributed by atoms with Crippen LogP contribution in [-0.2, 0) is 9.53 Å². The standard InChI is InChI=1S/C7H9N3O2/c8-7(3-12-5-11)6-1-9-4-10-2-6/h1-2,4-5,7H,3,8H2. The summed E-state index contributed by atoms with van der Waals surface area (Å²) < 4.78 is 4.49. The molecule has 1 rings (SSSR count). The maximum Gasteiger partial charge on any atom is 0.293 e. The Hall–Kier alpha value is -1.49. The van der Waals surface area contributed by atoms with Gasteiger partial charge in [0.05, 0.1) is 6.04 Å². The first kappa shape index (κ1) is 8.61.